The van der Waals surface area contributed by atoms with Crippen LogP contribution >= 0.6 is 0 Å². The van der Waals surface area contributed by atoms with Crippen molar-refractivity contribution in [1.29, 1.82) is 0 Å². The van der Waals surface area contributed by atoms with Crippen molar-refractivity contribution in [3.05, 3.63) is 54.1 Å². The van der Waals surface area contributed by atoms with E-state index in [0.717, 1.165) is 25.7 Å². The van der Waals surface area contributed by atoms with E-state index in [1.807, 2.05) is 6.07 Å². The monoisotopic (exact) mass is 461 g/mol. The van der Waals surface area contributed by atoms with Gasteiger partial charge in [0, 0.05) is 36.9 Å². The number of ether oxygens (including phenoxy) is 1. The largest absolute Gasteiger partial charge is 0.573 e. The van der Waals surface area contributed by atoms with E-state index in [4.69, 9.17) is 0 Å². The SMILES string of the molecule is O=C(Nc1cccc(N2CCCN(Cc3cccc(OC(F)(F)F)c3)C2=O)c1)C1CCCC1. The third-order valence-corrected chi connectivity index (χ3v) is 5.97. The highest BCUT2D eigenvalue weighted by Gasteiger charge is 2.31. The number of halogens is 3. The van der Waals surface area contributed by atoms with E-state index in [2.05, 4.69) is 10.1 Å². The Morgan fingerprint density at radius 3 is 2.55 bits per heavy atom. The first-order chi connectivity index (χ1) is 15.8. The Bertz CT molecular complexity index is 1010. The van der Waals surface area contributed by atoms with Crippen molar-refractivity contribution in [2.24, 2.45) is 5.92 Å². The van der Waals surface area contributed by atoms with Crippen LogP contribution in [0, 0.1) is 5.92 Å². The molecule has 1 saturated heterocycles. The van der Waals surface area contributed by atoms with Crippen molar-refractivity contribution in [2.45, 2.75) is 45.0 Å². The van der Waals surface area contributed by atoms with E-state index in [-0.39, 0.29) is 30.2 Å². The lowest BCUT2D eigenvalue weighted by atomic mass is 10.1. The van der Waals surface area contributed by atoms with Gasteiger partial charge in [-0.25, -0.2) is 4.79 Å². The van der Waals surface area contributed by atoms with Crippen LogP contribution in [0.4, 0.5) is 29.3 Å². The van der Waals surface area contributed by atoms with E-state index in [1.165, 1.54) is 18.2 Å². The molecule has 0 atom stereocenters. The first kappa shape index (κ1) is 22.9. The van der Waals surface area contributed by atoms with Gasteiger partial charge in [-0.15, -0.1) is 13.2 Å². The fourth-order valence-corrected chi connectivity index (χ4v) is 4.41. The number of amides is 3. The van der Waals surface area contributed by atoms with Crippen LogP contribution in [0.3, 0.4) is 0 Å². The molecule has 33 heavy (non-hydrogen) atoms. The van der Waals surface area contributed by atoms with Crippen molar-refractivity contribution in [3.8, 4) is 5.75 Å². The smallest absolute Gasteiger partial charge is 0.406 e. The van der Waals surface area contributed by atoms with Crippen molar-refractivity contribution in [3.63, 3.8) is 0 Å². The highest BCUT2D eigenvalue weighted by atomic mass is 19.4. The maximum absolute atomic E-state index is 13.1. The number of carbonyl (C=O) groups is 2. The molecular weight excluding hydrogens is 435 g/mol. The van der Waals surface area contributed by atoms with E-state index in [9.17, 15) is 22.8 Å². The minimum absolute atomic E-state index is 0.0113. The van der Waals surface area contributed by atoms with Gasteiger partial charge < -0.3 is 15.0 Å². The Morgan fingerprint density at radius 2 is 1.79 bits per heavy atom. The third-order valence-electron chi connectivity index (χ3n) is 5.97. The van der Waals surface area contributed by atoms with E-state index < -0.39 is 6.36 Å². The number of anilines is 2. The predicted octanol–water partition coefficient (Wildman–Crippen LogP) is 5.55. The molecule has 1 heterocycles. The highest BCUT2D eigenvalue weighted by molar-refractivity contribution is 5.96. The number of carbonyl (C=O) groups excluding carboxylic acids is 2. The predicted molar refractivity (Wildman–Crippen MR) is 118 cm³/mol. The van der Waals surface area contributed by atoms with Crippen LogP contribution < -0.4 is 15.0 Å². The summed E-state index contributed by atoms with van der Waals surface area (Å²) >= 11 is 0. The van der Waals surface area contributed by atoms with Gasteiger partial charge in [-0.1, -0.05) is 31.0 Å². The molecule has 2 aliphatic rings. The molecule has 2 aromatic rings. The van der Waals surface area contributed by atoms with Gasteiger partial charge in [-0.3, -0.25) is 9.69 Å². The summed E-state index contributed by atoms with van der Waals surface area (Å²) in [7, 11) is 0. The van der Waals surface area contributed by atoms with Crippen LogP contribution in [0.1, 0.15) is 37.7 Å². The normalized spacial score (nSPS) is 17.4. The van der Waals surface area contributed by atoms with Crippen LogP contribution in [0.5, 0.6) is 5.75 Å². The second-order valence-electron chi connectivity index (χ2n) is 8.43. The topological polar surface area (TPSA) is 61.9 Å². The summed E-state index contributed by atoms with van der Waals surface area (Å²) < 4.78 is 41.5. The number of hydrogen-bond acceptors (Lipinski definition) is 3. The summed E-state index contributed by atoms with van der Waals surface area (Å²) in [4.78, 5) is 28.8. The molecule has 3 amide bonds. The maximum Gasteiger partial charge on any atom is 0.573 e. The molecule has 1 N–H and O–H groups in total. The van der Waals surface area contributed by atoms with Gasteiger partial charge in [-0.2, -0.15) is 0 Å². The zero-order valence-electron chi connectivity index (χ0n) is 18.1. The molecule has 176 valence electrons. The van der Waals surface area contributed by atoms with Gasteiger partial charge in [0.05, 0.1) is 0 Å². The lowest BCUT2D eigenvalue weighted by Crippen LogP contribution is -2.49. The molecule has 0 aromatic heterocycles. The summed E-state index contributed by atoms with van der Waals surface area (Å²) in [5.41, 5.74) is 1.86. The van der Waals surface area contributed by atoms with E-state index in [1.54, 1.807) is 34.1 Å². The summed E-state index contributed by atoms with van der Waals surface area (Å²) in [6.45, 7) is 1.19. The lowest BCUT2D eigenvalue weighted by Gasteiger charge is -2.36. The van der Waals surface area contributed by atoms with Gasteiger partial charge in [0.2, 0.25) is 5.91 Å². The molecule has 2 fully saturated rings. The minimum atomic E-state index is -4.77. The Balaban J connectivity index is 1.43. The first-order valence-electron chi connectivity index (χ1n) is 11.1. The molecule has 4 rings (SSSR count). The summed E-state index contributed by atoms with van der Waals surface area (Å²) in [5.74, 6) is -0.262. The maximum atomic E-state index is 13.1. The van der Waals surface area contributed by atoms with E-state index in [0.29, 0.717) is 36.4 Å². The van der Waals surface area contributed by atoms with Crippen LogP contribution in [-0.2, 0) is 11.3 Å². The molecule has 1 aliphatic carbocycles. The molecule has 0 radical (unpaired) electrons. The van der Waals surface area contributed by atoms with Gasteiger partial charge in [0.1, 0.15) is 5.75 Å². The Labute approximate surface area is 190 Å². The second kappa shape index (κ2) is 9.72. The highest BCUT2D eigenvalue weighted by Crippen LogP contribution is 2.29. The molecule has 0 unspecified atom stereocenters. The molecule has 6 nitrogen and oxygen atoms in total. The van der Waals surface area contributed by atoms with E-state index >= 15 is 0 Å². The van der Waals surface area contributed by atoms with Crippen LogP contribution in [0.15, 0.2) is 48.5 Å². The zero-order chi connectivity index (χ0) is 23.4. The Hall–Kier alpha value is -3.23. The van der Waals surface area contributed by atoms with Crippen molar-refractivity contribution in [1.82, 2.24) is 4.90 Å². The van der Waals surface area contributed by atoms with Crippen molar-refractivity contribution < 1.29 is 27.5 Å². The number of urea groups is 1. The molecule has 2 aromatic carbocycles. The van der Waals surface area contributed by atoms with Gasteiger partial charge in [-0.05, 0) is 55.2 Å². The quantitative estimate of drug-likeness (QED) is 0.614. The zero-order valence-corrected chi connectivity index (χ0v) is 18.1. The summed E-state index contributed by atoms with van der Waals surface area (Å²) in [6.07, 6.45) is -0.110. The number of benzene rings is 2. The number of nitrogens with zero attached hydrogens (tertiary/aromatic N) is 2. The number of hydrogen-bond donors (Lipinski definition) is 1. The Kier molecular flexibility index (Phi) is 6.76. The Morgan fingerprint density at radius 1 is 1.03 bits per heavy atom. The first-order valence-corrected chi connectivity index (χ1v) is 11.1. The average molecular weight is 461 g/mol. The fraction of sp³-hybridized carbons (Fsp3) is 0.417. The van der Waals surface area contributed by atoms with Gasteiger partial charge >= 0.3 is 12.4 Å². The fourth-order valence-electron chi connectivity index (χ4n) is 4.41. The molecular formula is C24H26F3N3O3. The van der Waals surface area contributed by atoms with Crippen molar-refractivity contribution in [2.75, 3.05) is 23.3 Å². The molecule has 0 bridgehead atoms. The molecule has 1 aliphatic heterocycles. The summed E-state index contributed by atoms with van der Waals surface area (Å²) in [5, 5.41) is 2.96. The molecule has 9 heteroatoms. The van der Waals surface area contributed by atoms with Gasteiger partial charge in [0.15, 0.2) is 0 Å². The molecule has 0 spiro atoms. The van der Waals surface area contributed by atoms with Crippen molar-refractivity contribution >= 4 is 23.3 Å². The van der Waals surface area contributed by atoms with Crippen LogP contribution in [0.2, 0.25) is 0 Å². The number of alkyl halides is 3. The average Bonchev–Trinajstić information content (AvgIpc) is 3.30. The number of nitrogens with one attached hydrogen (secondary N) is 1. The third kappa shape index (κ3) is 5.97. The molecule has 1 saturated carbocycles. The minimum Gasteiger partial charge on any atom is -0.406 e. The van der Waals surface area contributed by atoms with Crippen LogP contribution in [-0.4, -0.2) is 36.3 Å². The standard InChI is InChI=1S/C24H26F3N3O3/c25-24(26,27)33-21-11-3-6-17(14-21)16-29-12-5-13-30(23(29)32)20-10-4-9-19(15-20)28-22(31)18-7-1-2-8-18/h3-4,6,9-11,14-15,18H,1-2,5,7-8,12-13,16H2,(H,28,31). The lowest BCUT2D eigenvalue weighted by molar-refractivity contribution is -0.274. The van der Waals surface area contributed by atoms with Gasteiger partial charge in [0.25, 0.3) is 0 Å². The summed E-state index contributed by atoms with van der Waals surface area (Å²) in [6, 6.07) is 12.6. The second-order valence-corrected chi connectivity index (χ2v) is 8.43. The van der Waals surface area contributed by atoms with Crippen LogP contribution in [0.25, 0.3) is 0 Å². The number of rotatable bonds is 6.